The van der Waals surface area contributed by atoms with Crippen molar-refractivity contribution < 1.29 is 22.3 Å². The van der Waals surface area contributed by atoms with Crippen molar-refractivity contribution in [3.05, 3.63) is 71.2 Å². The third-order valence-electron chi connectivity index (χ3n) is 4.20. The van der Waals surface area contributed by atoms with Crippen molar-refractivity contribution in [2.45, 2.75) is 18.7 Å². The lowest BCUT2D eigenvalue weighted by Crippen LogP contribution is -2.30. The Morgan fingerprint density at radius 3 is 2.50 bits per heavy atom. The highest BCUT2D eigenvalue weighted by atomic mass is 32.2. The molecule has 1 aliphatic rings. The van der Waals surface area contributed by atoms with Crippen LogP contribution >= 0.6 is 0 Å². The second-order valence-corrected chi connectivity index (χ2v) is 7.95. The Morgan fingerprint density at radius 1 is 1.11 bits per heavy atom. The van der Waals surface area contributed by atoms with Gasteiger partial charge in [0, 0.05) is 18.7 Å². The molecule has 1 heterocycles. The number of benzene rings is 2. The van der Waals surface area contributed by atoms with Gasteiger partial charge in [-0.1, -0.05) is 32.0 Å². The average molecular weight is 402 g/mol. The van der Waals surface area contributed by atoms with Gasteiger partial charge in [-0.05, 0) is 42.0 Å². The summed E-state index contributed by atoms with van der Waals surface area (Å²) in [5.74, 6) is -1.11. The molecule has 0 N–H and O–H groups in total. The van der Waals surface area contributed by atoms with Gasteiger partial charge in [-0.15, -0.1) is 0 Å². The van der Waals surface area contributed by atoms with Crippen LogP contribution in [0, 0.1) is 5.82 Å². The fourth-order valence-corrected chi connectivity index (χ4v) is 4.29. The number of cyclic esters (lactones) is 1. The maximum Gasteiger partial charge on any atom is 0.363 e. The number of carbonyl (C=O) groups is 1. The highest BCUT2D eigenvalue weighted by Gasteiger charge is 2.27. The molecule has 1 aliphatic heterocycles. The number of esters is 1. The minimum Gasteiger partial charge on any atom is -0.402 e. The number of sulfonamides is 1. The van der Waals surface area contributed by atoms with E-state index in [1.807, 2.05) is 0 Å². The number of halogens is 1. The maximum atomic E-state index is 13.3. The highest BCUT2D eigenvalue weighted by molar-refractivity contribution is 7.89. The van der Waals surface area contributed by atoms with E-state index in [4.69, 9.17) is 4.74 Å². The van der Waals surface area contributed by atoms with Gasteiger partial charge >= 0.3 is 5.97 Å². The van der Waals surface area contributed by atoms with Crippen molar-refractivity contribution in [2.24, 2.45) is 4.99 Å². The van der Waals surface area contributed by atoms with Gasteiger partial charge in [0.1, 0.15) is 5.82 Å². The molecule has 0 radical (unpaired) electrons. The van der Waals surface area contributed by atoms with Crippen LogP contribution in [0.1, 0.15) is 25.0 Å². The second kappa shape index (κ2) is 8.04. The van der Waals surface area contributed by atoms with Gasteiger partial charge in [0.2, 0.25) is 15.9 Å². The van der Waals surface area contributed by atoms with Crippen LogP contribution < -0.4 is 0 Å². The van der Waals surface area contributed by atoms with Gasteiger partial charge in [0.15, 0.2) is 5.70 Å². The molecule has 0 spiro atoms. The van der Waals surface area contributed by atoms with Crippen molar-refractivity contribution in [2.75, 3.05) is 13.1 Å². The fraction of sp³-hybridized carbons (Fsp3) is 0.200. The van der Waals surface area contributed by atoms with Gasteiger partial charge in [0.05, 0.1) is 4.90 Å². The van der Waals surface area contributed by atoms with E-state index in [-0.39, 0.29) is 16.5 Å². The standard InChI is InChI=1S/C20H19FN2O4S/c1-3-23(4-2)28(25,26)17-10-6-8-15(13-17)19-22-18(20(24)27-19)12-14-7-5-9-16(21)11-14/h5-13H,3-4H2,1-2H3. The predicted octanol–water partition coefficient (Wildman–Crippen LogP) is 3.20. The zero-order valence-corrected chi connectivity index (χ0v) is 16.2. The second-order valence-electron chi connectivity index (χ2n) is 6.01. The summed E-state index contributed by atoms with van der Waals surface area (Å²) in [5, 5.41) is 0. The van der Waals surface area contributed by atoms with Crippen molar-refractivity contribution in [1.29, 1.82) is 0 Å². The molecule has 2 aromatic carbocycles. The van der Waals surface area contributed by atoms with Gasteiger partial charge in [-0.3, -0.25) is 0 Å². The number of rotatable bonds is 6. The summed E-state index contributed by atoms with van der Waals surface area (Å²) in [6, 6.07) is 11.8. The Bertz CT molecular complexity index is 1070. The van der Waals surface area contributed by atoms with Crippen LogP contribution in [0.4, 0.5) is 4.39 Å². The minimum atomic E-state index is -3.65. The first-order chi connectivity index (χ1) is 13.3. The third kappa shape index (κ3) is 4.02. The molecule has 0 saturated heterocycles. The van der Waals surface area contributed by atoms with E-state index in [0.717, 1.165) is 0 Å². The SMILES string of the molecule is CCN(CC)S(=O)(=O)c1cccc(C2=NC(=Cc3cccc(F)c3)C(=O)O2)c1. The molecule has 0 aromatic heterocycles. The van der Waals surface area contributed by atoms with Crippen LogP contribution in [0.2, 0.25) is 0 Å². The number of aliphatic imine (C=N–C) groups is 1. The lowest BCUT2D eigenvalue weighted by Gasteiger charge is -2.18. The Hall–Kier alpha value is -2.84. The summed E-state index contributed by atoms with van der Waals surface area (Å²) in [6.07, 6.45) is 1.41. The number of hydrogen-bond donors (Lipinski definition) is 0. The number of carbonyl (C=O) groups excluding carboxylic acids is 1. The first-order valence-electron chi connectivity index (χ1n) is 8.74. The molecule has 0 unspecified atom stereocenters. The Balaban J connectivity index is 1.95. The van der Waals surface area contributed by atoms with Crippen molar-refractivity contribution >= 4 is 28.0 Å². The van der Waals surface area contributed by atoms with Crippen LogP contribution in [0.3, 0.4) is 0 Å². The summed E-state index contributed by atoms with van der Waals surface area (Å²) >= 11 is 0. The summed E-state index contributed by atoms with van der Waals surface area (Å²) in [5.41, 5.74) is 0.844. The molecule has 0 amide bonds. The van der Waals surface area contributed by atoms with E-state index in [1.165, 1.54) is 40.7 Å². The normalized spacial score (nSPS) is 15.8. The molecular formula is C20H19FN2O4S. The van der Waals surface area contributed by atoms with Crippen LogP contribution in [-0.4, -0.2) is 37.7 Å². The Labute approximate surface area is 163 Å². The molecule has 2 aromatic rings. The smallest absolute Gasteiger partial charge is 0.363 e. The minimum absolute atomic E-state index is 0.00394. The van der Waals surface area contributed by atoms with Gasteiger partial charge < -0.3 is 4.74 Å². The molecular weight excluding hydrogens is 383 g/mol. The lowest BCUT2D eigenvalue weighted by molar-refractivity contribution is -0.129. The zero-order valence-electron chi connectivity index (χ0n) is 15.4. The number of ether oxygens (including phenoxy) is 1. The lowest BCUT2D eigenvalue weighted by atomic mass is 10.2. The maximum absolute atomic E-state index is 13.3. The fourth-order valence-electron chi connectivity index (χ4n) is 2.79. The van der Waals surface area contributed by atoms with Crippen LogP contribution in [0.15, 0.2) is 64.1 Å². The van der Waals surface area contributed by atoms with Crippen LogP contribution in [0.5, 0.6) is 0 Å². The van der Waals surface area contributed by atoms with Gasteiger partial charge in [0.25, 0.3) is 0 Å². The quantitative estimate of drug-likeness (QED) is 0.549. The monoisotopic (exact) mass is 402 g/mol. The molecule has 6 nitrogen and oxygen atoms in total. The van der Waals surface area contributed by atoms with Crippen molar-refractivity contribution in [3.63, 3.8) is 0 Å². The molecule has 146 valence electrons. The van der Waals surface area contributed by atoms with Crippen molar-refractivity contribution in [3.8, 4) is 0 Å². The first-order valence-corrected chi connectivity index (χ1v) is 10.2. The van der Waals surface area contributed by atoms with E-state index in [2.05, 4.69) is 4.99 Å². The molecule has 0 aliphatic carbocycles. The van der Waals surface area contributed by atoms with E-state index >= 15 is 0 Å². The molecule has 0 fully saturated rings. The molecule has 0 atom stereocenters. The predicted molar refractivity (Wildman–Crippen MR) is 104 cm³/mol. The summed E-state index contributed by atoms with van der Waals surface area (Å²) in [6.45, 7) is 4.22. The van der Waals surface area contributed by atoms with E-state index in [1.54, 1.807) is 32.0 Å². The summed E-state index contributed by atoms with van der Waals surface area (Å²) in [7, 11) is -3.65. The van der Waals surface area contributed by atoms with E-state index in [9.17, 15) is 17.6 Å². The Morgan fingerprint density at radius 2 is 1.82 bits per heavy atom. The molecule has 8 heteroatoms. The topological polar surface area (TPSA) is 76.0 Å². The van der Waals surface area contributed by atoms with Gasteiger partial charge in [-0.2, -0.15) is 4.31 Å². The zero-order chi connectivity index (χ0) is 20.3. The number of hydrogen-bond acceptors (Lipinski definition) is 5. The highest BCUT2D eigenvalue weighted by Crippen LogP contribution is 2.22. The molecule has 3 rings (SSSR count). The van der Waals surface area contributed by atoms with E-state index in [0.29, 0.717) is 24.2 Å². The van der Waals surface area contributed by atoms with Crippen molar-refractivity contribution in [1.82, 2.24) is 4.31 Å². The molecule has 0 saturated carbocycles. The van der Waals surface area contributed by atoms with Crippen LogP contribution in [-0.2, 0) is 19.6 Å². The summed E-state index contributed by atoms with van der Waals surface area (Å²) in [4.78, 5) is 16.3. The first kappa shape index (κ1) is 19.9. The summed E-state index contributed by atoms with van der Waals surface area (Å²) < 4.78 is 45.2. The average Bonchev–Trinajstić information content (AvgIpc) is 3.03. The van der Waals surface area contributed by atoms with Crippen LogP contribution in [0.25, 0.3) is 6.08 Å². The Kier molecular flexibility index (Phi) is 5.71. The van der Waals surface area contributed by atoms with Gasteiger partial charge in [-0.25, -0.2) is 22.6 Å². The van der Waals surface area contributed by atoms with E-state index < -0.39 is 21.8 Å². The number of nitrogens with zero attached hydrogens (tertiary/aromatic N) is 2. The largest absolute Gasteiger partial charge is 0.402 e. The third-order valence-corrected chi connectivity index (χ3v) is 6.24. The molecule has 28 heavy (non-hydrogen) atoms. The molecule has 0 bridgehead atoms.